The van der Waals surface area contributed by atoms with Gasteiger partial charge in [0.05, 0.1) is 12.2 Å². The maximum atomic E-state index is 11.3. The second-order valence-electron chi connectivity index (χ2n) is 3.81. The summed E-state index contributed by atoms with van der Waals surface area (Å²) in [6.07, 6.45) is 0. The highest BCUT2D eigenvalue weighted by Crippen LogP contribution is 2.13. The van der Waals surface area contributed by atoms with Crippen LogP contribution in [0.25, 0.3) is 0 Å². The number of pyridine rings is 1. The summed E-state index contributed by atoms with van der Waals surface area (Å²) in [5, 5.41) is 12.4. The lowest BCUT2D eigenvalue weighted by Crippen LogP contribution is -2.32. The Kier molecular flexibility index (Phi) is 4.25. The highest BCUT2D eigenvalue weighted by molar-refractivity contribution is 5.77. The van der Waals surface area contributed by atoms with Gasteiger partial charge >= 0.3 is 0 Å². The maximum Gasteiger partial charge on any atom is 0.236 e. The minimum atomic E-state index is -0.00728. The van der Waals surface area contributed by atoms with Gasteiger partial charge in [-0.15, -0.1) is 0 Å². The molecule has 88 valence electrons. The predicted molar refractivity (Wildman–Crippen MR) is 61.0 cm³/mol. The number of hydrogen-bond acceptors (Lipinski definition) is 4. The molecule has 1 heterocycles. The van der Waals surface area contributed by atoms with Crippen molar-refractivity contribution >= 4 is 5.91 Å². The standard InChI is InChI=1S/C11H17N3O2/c1-8-4-5-10(15)9(13-8)6-12-7-11(16)14(2)3/h4-5,12,15H,6-7H2,1-3H3. The molecule has 1 amide bonds. The topological polar surface area (TPSA) is 65.5 Å². The number of aromatic hydroxyl groups is 1. The van der Waals surface area contributed by atoms with E-state index in [1.54, 1.807) is 26.2 Å². The Morgan fingerprint density at radius 3 is 2.81 bits per heavy atom. The van der Waals surface area contributed by atoms with Crippen molar-refractivity contribution in [2.24, 2.45) is 0 Å². The molecule has 0 aliphatic rings. The molecule has 2 N–H and O–H groups in total. The van der Waals surface area contributed by atoms with E-state index in [0.29, 0.717) is 12.2 Å². The summed E-state index contributed by atoms with van der Waals surface area (Å²) in [6, 6.07) is 3.34. The van der Waals surface area contributed by atoms with Crippen LogP contribution in [0.5, 0.6) is 5.75 Å². The summed E-state index contributed by atoms with van der Waals surface area (Å²) < 4.78 is 0. The van der Waals surface area contributed by atoms with E-state index in [-0.39, 0.29) is 18.2 Å². The molecule has 0 aliphatic heterocycles. The van der Waals surface area contributed by atoms with Crippen LogP contribution in [0.4, 0.5) is 0 Å². The zero-order valence-corrected chi connectivity index (χ0v) is 9.82. The molecule has 0 bridgehead atoms. The van der Waals surface area contributed by atoms with Crippen LogP contribution in [0.15, 0.2) is 12.1 Å². The lowest BCUT2D eigenvalue weighted by Gasteiger charge is -2.11. The molecular formula is C11H17N3O2. The predicted octanol–water partition coefficient (Wildman–Crippen LogP) is 0.273. The molecule has 0 aromatic carbocycles. The number of carbonyl (C=O) groups is 1. The average molecular weight is 223 g/mol. The quantitative estimate of drug-likeness (QED) is 0.769. The number of aromatic nitrogens is 1. The lowest BCUT2D eigenvalue weighted by molar-refractivity contribution is -0.127. The van der Waals surface area contributed by atoms with Crippen molar-refractivity contribution in [1.82, 2.24) is 15.2 Å². The number of likely N-dealkylation sites (N-methyl/N-ethyl adjacent to an activating group) is 1. The molecule has 0 fully saturated rings. The molecule has 0 spiro atoms. The summed E-state index contributed by atoms with van der Waals surface area (Å²) in [6.45, 7) is 2.48. The number of nitrogens with one attached hydrogen (secondary N) is 1. The minimum absolute atomic E-state index is 0.00728. The fourth-order valence-electron chi connectivity index (χ4n) is 1.18. The number of amides is 1. The van der Waals surface area contributed by atoms with Crippen LogP contribution in [0, 0.1) is 6.92 Å². The van der Waals surface area contributed by atoms with E-state index in [1.807, 2.05) is 6.92 Å². The first-order valence-corrected chi connectivity index (χ1v) is 5.07. The van der Waals surface area contributed by atoms with Gasteiger partial charge in [0.1, 0.15) is 5.75 Å². The Balaban J connectivity index is 2.49. The molecule has 5 nitrogen and oxygen atoms in total. The Morgan fingerprint density at radius 1 is 1.50 bits per heavy atom. The van der Waals surface area contributed by atoms with Crippen molar-refractivity contribution in [2.75, 3.05) is 20.6 Å². The summed E-state index contributed by atoms with van der Waals surface area (Å²) in [4.78, 5) is 17.0. The monoisotopic (exact) mass is 223 g/mol. The zero-order valence-electron chi connectivity index (χ0n) is 9.82. The fraction of sp³-hybridized carbons (Fsp3) is 0.455. The summed E-state index contributed by atoms with van der Waals surface area (Å²) in [5.41, 5.74) is 1.40. The Labute approximate surface area is 95.1 Å². The summed E-state index contributed by atoms with van der Waals surface area (Å²) >= 11 is 0. The second-order valence-corrected chi connectivity index (χ2v) is 3.81. The van der Waals surface area contributed by atoms with Crippen LogP contribution >= 0.6 is 0 Å². The Hall–Kier alpha value is -1.62. The molecule has 0 aliphatic carbocycles. The second kappa shape index (κ2) is 5.46. The van der Waals surface area contributed by atoms with Crippen molar-refractivity contribution in [3.8, 4) is 5.75 Å². The van der Waals surface area contributed by atoms with Crippen LogP contribution in [0.1, 0.15) is 11.4 Å². The van der Waals surface area contributed by atoms with Gasteiger partial charge in [-0.05, 0) is 19.1 Å². The SMILES string of the molecule is Cc1ccc(O)c(CNCC(=O)N(C)C)n1. The highest BCUT2D eigenvalue weighted by Gasteiger charge is 2.06. The zero-order chi connectivity index (χ0) is 12.1. The van der Waals surface area contributed by atoms with E-state index >= 15 is 0 Å². The van der Waals surface area contributed by atoms with Gasteiger partial charge in [-0.2, -0.15) is 0 Å². The molecule has 0 unspecified atom stereocenters. The lowest BCUT2D eigenvalue weighted by atomic mass is 10.3. The summed E-state index contributed by atoms with van der Waals surface area (Å²) in [7, 11) is 3.40. The van der Waals surface area contributed by atoms with E-state index in [2.05, 4.69) is 10.3 Å². The Morgan fingerprint density at radius 2 is 2.19 bits per heavy atom. The van der Waals surface area contributed by atoms with Crippen molar-refractivity contribution in [2.45, 2.75) is 13.5 Å². The van der Waals surface area contributed by atoms with Gasteiger partial charge in [-0.1, -0.05) is 0 Å². The largest absolute Gasteiger partial charge is 0.506 e. The van der Waals surface area contributed by atoms with Crippen LogP contribution in [0.3, 0.4) is 0 Å². The normalized spacial score (nSPS) is 10.2. The Bertz CT molecular complexity index is 377. The van der Waals surface area contributed by atoms with E-state index in [1.165, 1.54) is 4.90 Å². The first-order chi connectivity index (χ1) is 7.50. The van der Waals surface area contributed by atoms with E-state index in [0.717, 1.165) is 5.69 Å². The molecule has 5 heteroatoms. The van der Waals surface area contributed by atoms with Gasteiger partial charge in [0.25, 0.3) is 0 Å². The van der Waals surface area contributed by atoms with Crippen molar-refractivity contribution in [3.63, 3.8) is 0 Å². The third-order valence-corrected chi connectivity index (χ3v) is 2.16. The van der Waals surface area contributed by atoms with Crippen molar-refractivity contribution in [1.29, 1.82) is 0 Å². The fourth-order valence-corrected chi connectivity index (χ4v) is 1.18. The number of carbonyl (C=O) groups excluding carboxylic acids is 1. The van der Waals surface area contributed by atoms with Crippen LogP contribution in [0.2, 0.25) is 0 Å². The average Bonchev–Trinajstić information content (AvgIpc) is 2.22. The molecule has 0 radical (unpaired) electrons. The first kappa shape index (κ1) is 12.4. The van der Waals surface area contributed by atoms with Crippen molar-refractivity contribution < 1.29 is 9.90 Å². The number of hydrogen-bond donors (Lipinski definition) is 2. The molecule has 0 atom stereocenters. The van der Waals surface area contributed by atoms with E-state index < -0.39 is 0 Å². The number of nitrogens with zero attached hydrogens (tertiary/aromatic N) is 2. The minimum Gasteiger partial charge on any atom is -0.506 e. The van der Waals surface area contributed by atoms with Crippen LogP contribution in [-0.4, -0.2) is 41.5 Å². The first-order valence-electron chi connectivity index (χ1n) is 5.07. The molecule has 1 aromatic heterocycles. The highest BCUT2D eigenvalue weighted by atomic mass is 16.3. The van der Waals surface area contributed by atoms with Gasteiger partial charge in [-0.3, -0.25) is 9.78 Å². The van der Waals surface area contributed by atoms with Gasteiger partial charge in [0.15, 0.2) is 0 Å². The van der Waals surface area contributed by atoms with Crippen LogP contribution in [-0.2, 0) is 11.3 Å². The molecular weight excluding hydrogens is 206 g/mol. The smallest absolute Gasteiger partial charge is 0.236 e. The molecule has 0 saturated heterocycles. The van der Waals surface area contributed by atoms with Gasteiger partial charge < -0.3 is 15.3 Å². The molecule has 16 heavy (non-hydrogen) atoms. The van der Waals surface area contributed by atoms with Crippen LogP contribution < -0.4 is 5.32 Å². The van der Waals surface area contributed by atoms with Crippen molar-refractivity contribution in [3.05, 3.63) is 23.5 Å². The number of rotatable bonds is 4. The molecule has 1 rings (SSSR count). The third-order valence-electron chi connectivity index (χ3n) is 2.16. The van der Waals surface area contributed by atoms with E-state index in [4.69, 9.17) is 0 Å². The maximum absolute atomic E-state index is 11.3. The molecule has 0 saturated carbocycles. The number of aryl methyl sites for hydroxylation is 1. The molecule has 1 aromatic rings. The third kappa shape index (κ3) is 3.51. The van der Waals surface area contributed by atoms with Gasteiger partial charge in [0, 0.05) is 26.3 Å². The van der Waals surface area contributed by atoms with Gasteiger partial charge in [-0.25, -0.2) is 0 Å². The summed E-state index contributed by atoms with van der Waals surface area (Å²) in [5.74, 6) is 0.141. The van der Waals surface area contributed by atoms with E-state index in [9.17, 15) is 9.90 Å². The van der Waals surface area contributed by atoms with Gasteiger partial charge in [0.2, 0.25) is 5.91 Å².